The molecule has 1 fully saturated rings. The zero-order valence-electron chi connectivity index (χ0n) is 15.7. The molecule has 0 atom stereocenters. The molecule has 27 heavy (non-hydrogen) atoms. The SMILES string of the molecule is COc1ccc2c(=O)cc(-c3cn[nH]c3CCN3CCOCC3)[nH]c2c1C. The third-order valence-corrected chi connectivity index (χ3v) is 5.23. The highest BCUT2D eigenvalue weighted by Crippen LogP contribution is 2.27. The maximum absolute atomic E-state index is 12.6. The summed E-state index contributed by atoms with van der Waals surface area (Å²) in [6.07, 6.45) is 2.62. The van der Waals surface area contributed by atoms with E-state index in [1.165, 1.54) is 0 Å². The highest BCUT2D eigenvalue weighted by atomic mass is 16.5. The molecule has 7 heteroatoms. The Labute approximate surface area is 157 Å². The lowest BCUT2D eigenvalue weighted by molar-refractivity contribution is 0.0383. The van der Waals surface area contributed by atoms with Crippen molar-refractivity contribution in [1.29, 1.82) is 0 Å². The molecule has 0 amide bonds. The standard InChI is InChI=1S/C20H24N4O3/c1-13-19(26-2)4-3-14-18(25)11-17(22-20(13)14)15-12-21-23-16(15)5-6-24-7-9-27-10-8-24/h3-4,11-12H,5-10H2,1-2H3,(H,21,23)(H,22,25). The molecule has 0 unspecified atom stereocenters. The Hall–Kier alpha value is -2.64. The number of benzene rings is 1. The number of aryl methyl sites for hydroxylation is 1. The molecule has 7 nitrogen and oxygen atoms in total. The van der Waals surface area contributed by atoms with Crippen LogP contribution in [0.25, 0.3) is 22.2 Å². The van der Waals surface area contributed by atoms with Crippen LogP contribution in [0.15, 0.2) is 29.2 Å². The van der Waals surface area contributed by atoms with Crippen LogP contribution in [-0.2, 0) is 11.2 Å². The fourth-order valence-corrected chi connectivity index (χ4v) is 3.64. The Morgan fingerprint density at radius 3 is 2.89 bits per heavy atom. The van der Waals surface area contributed by atoms with Crippen LogP contribution < -0.4 is 10.2 Å². The number of morpholine rings is 1. The number of methoxy groups -OCH3 is 1. The fraction of sp³-hybridized carbons (Fsp3) is 0.400. The van der Waals surface area contributed by atoms with Crippen LogP contribution in [0.1, 0.15) is 11.3 Å². The van der Waals surface area contributed by atoms with Crippen LogP contribution in [0.4, 0.5) is 0 Å². The first-order valence-corrected chi connectivity index (χ1v) is 9.20. The lowest BCUT2D eigenvalue weighted by atomic mass is 10.1. The number of ether oxygens (including phenoxy) is 2. The number of aromatic nitrogens is 3. The van der Waals surface area contributed by atoms with Crippen LogP contribution in [0, 0.1) is 6.92 Å². The van der Waals surface area contributed by atoms with Crippen molar-refractivity contribution in [3.63, 3.8) is 0 Å². The van der Waals surface area contributed by atoms with Gasteiger partial charge in [0.15, 0.2) is 5.43 Å². The van der Waals surface area contributed by atoms with Crippen molar-refractivity contribution < 1.29 is 9.47 Å². The third kappa shape index (κ3) is 3.48. The van der Waals surface area contributed by atoms with Gasteiger partial charge in [-0.05, 0) is 19.1 Å². The van der Waals surface area contributed by atoms with Crippen molar-refractivity contribution in [2.75, 3.05) is 40.0 Å². The number of fused-ring (bicyclic) bond motifs is 1. The second-order valence-corrected chi connectivity index (χ2v) is 6.83. The van der Waals surface area contributed by atoms with E-state index in [4.69, 9.17) is 9.47 Å². The highest BCUT2D eigenvalue weighted by molar-refractivity contribution is 5.86. The first-order chi connectivity index (χ1) is 13.2. The summed E-state index contributed by atoms with van der Waals surface area (Å²) in [7, 11) is 1.63. The molecule has 1 saturated heterocycles. The van der Waals surface area contributed by atoms with Crippen LogP contribution in [0.2, 0.25) is 0 Å². The second-order valence-electron chi connectivity index (χ2n) is 6.83. The summed E-state index contributed by atoms with van der Waals surface area (Å²) in [5.41, 5.74) is 4.45. The topological polar surface area (TPSA) is 83.2 Å². The third-order valence-electron chi connectivity index (χ3n) is 5.23. The van der Waals surface area contributed by atoms with E-state index in [1.54, 1.807) is 25.4 Å². The monoisotopic (exact) mass is 368 g/mol. The summed E-state index contributed by atoms with van der Waals surface area (Å²) in [5.74, 6) is 0.759. The maximum atomic E-state index is 12.6. The van der Waals surface area contributed by atoms with Gasteiger partial charge < -0.3 is 14.5 Å². The van der Waals surface area contributed by atoms with Gasteiger partial charge in [-0.15, -0.1) is 0 Å². The number of aromatic amines is 2. The van der Waals surface area contributed by atoms with Crippen molar-refractivity contribution >= 4 is 10.9 Å². The molecule has 0 bridgehead atoms. The molecule has 1 aliphatic rings. The van der Waals surface area contributed by atoms with Gasteiger partial charge in [-0.1, -0.05) is 0 Å². The summed E-state index contributed by atoms with van der Waals surface area (Å²) in [6, 6.07) is 5.29. The first-order valence-electron chi connectivity index (χ1n) is 9.20. The van der Waals surface area contributed by atoms with Crippen molar-refractivity contribution in [3.8, 4) is 17.0 Å². The summed E-state index contributed by atoms with van der Waals surface area (Å²) >= 11 is 0. The molecule has 4 rings (SSSR count). The molecule has 2 aromatic heterocycles. The largest absolute Gasteiger partial charge is 0.496 e. The van der Waals surface area contributed by atoms with Gasteiger partial charge in [-0.2, -0.15) is 5.10 Å². The molecule has 2 N–H and O–H groups in total. The highest BCUT2D eigenvalue weighted by Gasteiger charge is 2.15. The number of rotatable bonds is 5. The molecule has 3 aromatic rings. The lowest BCUT2D eigenvalue weighted by Gasteiger charge is -2.26. The van der Waals surface area contributed by atoms with E-state index >= 15 is 0 Å². The normalized spacial score (nSPS) is 15.3. The summed E-state index contributed by atoms with van der Waals surface area (Å²) in [6.45, 7) is 6.37. The summed E-state index contributed by atoms with van der Waals surface area (Å²) in [4.78, 5) is 18.4. The van der Waals surface area contributed by atoms with Crippen LogP contribution in [0.5, 0.6) is 5.75 Å². The predicted octanol–water partition coefficient (Wildman–Crippen LogP) is 2.11. The Balaban J connectivity index is 1.67. The van der Waals surface area contributed by atoms with E-state index in [0.717, 1.165) is 73.0 Å². The first kappa shape index (κ1) is 17.8. The van der Waals surface area contributed by atoms with Gasteiger partial charge in [-0.25, -0.2) is 0 Å². The number of hydrogen-bond donors (Lipinski definition) is 2. The number of pyridine rings is 1. The minimum Gasteiger partial charge on any atom is -0.496 e. The van der Waals surface area contributed by atoms with Crippen LogP contribution >= 0.6 is 0 Å². The van der Waals surface area contributed by atoms with E-state index in [9.17, 15) is 4.79 Å². The number of H-pyrrole nitrogens is 2. The molecular weight excluding hydrogens is 344 g/mol. The number of nitrogens with one attached hydrogen (secondary N) is 2. The number of hydrogen-bond acceptors (Lipinski definition) is 5. The van der Waals surface area contributed by atoms with Crippen molar-refractivity contribution in [2.45, 2.75) is 13.3 Å². The van der Waals surface area contributed by atoms with Gasteiger partial charge in [0.25, 0.3) is 0 Å². The molecule has 3 heterocycles. The Bertz CT molecular complexity index is 1000. The predicted molar refractivity (Wildman–Crippen MR) is 104 cm³/mol. The van der Waals surface area contributed by atoms with Crippen molar-refractivity contribution in [1.82, 2.24) is 20.1 Å². The molecule has 0 radical (unpaired) electrons. The Morgan fingerprint density at radius 2 is 2.11 bits per heavy atom. The molecule has 0 saturated carbocycles. The number of nitrogens with zero attached hydrogens (tertiary/aromatic N) is 2. The van der Waals surface area contributed by atoms with Gasteiger partial charge in [0.1, 0.15) is 5.75 Å². The van der Waals surface area contributed by atoms with E-state index in [1.807, 2.05) is 13.0 Å². The average molecular weight is 368 g/mol. The van der Waals surface area contributed by atoms with Crippen molar-refractivity contribution in [2.24, 2.45) is 0 Å². The van der Waals surface area contributed by atoms with Gasteiger partial charge in [0.05, 0.1) is 37.7 Å². The second kappa shape index (κ2) is 7.54. The van der Waals surface area contributed by atoms with E-state index in [-0.39, 0.29) is 5.43 Å². The average Bonchev–Trinajstić information content (AvgIpc) is 3.16. The molecule has 0 aliphatic carbocycles. The summed E-state index contributed by atoms with van der Waals surface area (Å²) < 4.78 is 10.8. The smallest absolute Gasteiger partial charge is 0.190 e. The minimum absolute atomic E-state index is 0.00941. The maximum Gasteiger partial charge on any atom is 0.190 e. The zero-order chi connectivity index (χ0) is 18.8. The van der Waals surface area contributed by atoms with Crippen molar-refractivity contribution in [3.05, 3.63) is 45.9 Å². The zero-order valence-corrected chi connectivity index (χ0v) is 15.7. The summed E-state index contributed by atoms with van der Waals surface area (Å²) in [5, 5.41) is 7.97. The molecule has 0 spiro atoms. The van der Waals surface area contributed by atoms with Crippen LogP contribution in [-0.4, -0.2) is 60.0 Å². The molecular formula is C20H24N4O3. The van der Waals surface area contributed by atoms with E-state index in [2.05, 4.69) is 20.1 Å². The lowest BCUT2D eigenvalue weighted by Crippen LogP contribution is -2.37. The Kier molecular flexibility index (Phi) is 4.96. The van der Waals surface area contributed by atoms with E-state index in [0.29, 0.717) is 5.39 Å². The van der Waals surface area contributed by atoms with Gasteiger partial charge in [-0.3, -0.25) is 14.8 Å². The Morgan fingerprint density at radius 1 is 1.30 bits per heavy atom. The molecule has 1 aliphatic heterocycles. The van der Waals surface area contributed by atoms with E-state index < -0.39 is 0 Å². The quantitative estimate of drug-likeness (QED) is 0.721. The minimum atomic E-state index is -0.00941. The van der Waals surface area contributed by atoms with Gasteiger partial charge >= 0.3 is 0 Å². The van der Waals surface area contributed by atoms with Gasteiger partial charge in [0, 0.05) is 54.3 Å². The van der Waals surface area contributed by atoms with Gasteiger partial charge in [0.2, 0.25) is 0 Å². The molecule has 142 valence electrons. The molecule has 1 aromatic carbocycles. The van der Waals surface area contributed by atoms with Crippen LogP contribution in [0.3, 0.4) is 0 Å². The fourth-order valence-electron chi connectivity index (χ4n) is 3.64.